The van der Waals surface area contributed by atoms with Gasteiger partial charge in [-0.05, 0) is 54.8 Å². The first-order valence-electron chi connectivity index (χ1n) is 13.6. The normalized spacial score (nSPS) is 19.1. The highest BCUT2D eigenvalue weighted by Gasteiger charge is 2.28. The van der Waals surface area contributed by atoms with Crippen LogP contribution in [-0.4, -0.2) is 72.6 Å². The molecule has 0 N–H and O–H groups in total. The maximum atomic E-state index is 13.3. The third-order valence-corrected chi connectivity index (χ3v) is 7.77. The highest BCUT2D eigenvalue weighted by Crippen LogP contribution is 2.25. The zero-order valence-corrected chi connectivity index (χ0v) is 22.1. The minimum atomic E-state index is 0.0856. The first-order chi connectivity index (χ1) is 18.6. The summed E-state index contributed by atoms with van der Waals surface area (Å²) >= 11 is 0. The van der Waals surface area contributed by atoms with E-state index in [4.69, 9.17) is 14.7 Å². The van der Waals surface area contributed by atoms with Crippen molar-refractivity contribution in [2.75, 3.05) is 39.8 Å². The Balaban J connectivity index is 1.09. The first kappa shape index (κ1) is 25.9. The molecule has 3 aliphatic heterocycles. The van der Waals surface area contributed by atoms with Gasteiger partial charge in [-0.15, -0.1) is 0 Å². The Hall–Kier alpha value is -3.76. The molecule has 0 bridgehead atoms. The first-order valence-corrected chi connectivity index (χ1v) is 13.6. The molecular weight excluding hydrogens is 476 g/mol. The number of benzene rings is 2. The van der Waals surface area contributed by atoms with E-state index in [0.717, 1.165) is 68.9 Å². The maximum Gasteiger partial charge on any atom is 0.255 e. The van der Waals surface area contributed by atoms with Crippen LogP contribution in [0.1, 0.15) is 36.8 Å². The van der Waals surface area contributed by atoms with Crippen molar-refractivity contribution in [2.45, 2.75) is 44.4 Å². The molecule has 7 heteroatoms. The third-order valence-electron chi connectivity index (χ3n) is 7.77. The van der Waals surface area contributed by atoms with E-state index >= 15 is 0 Å². The van der Waals surface area contributed by atoms with E-state index in [-0.39, 0.29) is 12.0 Å². The van der Waals surface area contributed by atoms with Crippen molar-refractivity contribution in [3.05, 3.63) is 83.6 Å². The maximum absolute atomic E-state index is 13.3. The number of hydrogen-bond acceptors (Lipinski definition) is 6. The number of ether oxygens (including phenoxy) is 2. The molecule has 0 aromatic heterocycles. The van der Waals surface area contributed by atoms with Gasteiger partial charge < -0.3 is 19.3 Å². The van der Waals surface area contributed by atoms with Gasteiger partial charge in [0.15, 0.2) is 0 Å². The van der Waals surface area contributed by atoms with Crippen molar-refractivity contribution in [1.29, 1.82) is 5.26 Å². The molecule has 38 heavy (non-hydrogen) atoms. The van der Waals surface area contributed by atoms with Gasteiger partial charge in [-0.3, -0.25) is 9.69 Å². The van der Waals surface area contributed by atoms with Crippen LogP contribution in [0.15, 0.2) is 72.5 Å². The molecule has 2 saturated heterocycles. The van der Waals surface area contributed by atoms with Gasteiger partial charge in [0.2, 0.25) is 0 Å². The second-order valence-corrected chi connectivity index (χ2v) is 10.3. The summed E-state index contributed by atoms with van der Waals surface area (Å²) in [5.41, 5.74) is 2.71. The second kappa shape index (κ2) is 12.2. The standard InChI is InChI=1S/C31H36N4O3/c1-37-28-8-6-25(7-9-28)22-33-17-12-27(13-18-33)35-16-2-3-26(23-35)31(36)34-19-14-30(15-20-34)38-29-10-4-24(21-32)5-11-29/h2-11,23,27,30H,12-20,22H2,1H3. The summed E-state index contributed by atoms with van der Waals surface area (Å²) in [6.45, 7) is 5.31. The summed E-state index contributed by atoms with van der Waals surface area (Å²) in [5, 5.41) is 8.96. The largest absolute Gasteiger partial charge is 0.497 e. The fraction of sp³-hybridized carbons (Fsp3) is 0.419. The quantitative estimate of drug-likeness (QED) is 0.549. The number of carbonyl (C=O) groups is 1. The average molecular weight is 513 g/mol. The molecule has 3 heterocycles. The number of nitrogens with zero attached hydrogens (tertiary/aromatic N) is 4. The molecule has 2 aromatic rings. The van der Waals surface area contributed by atoms with Crippen LogP contribution < -0.4 is 9.47 Å². The summed E-state index contributed by atoms with van der Waals surface area (Å²) in [6.07, 6.45) is 10.1. The van der Waals surface area contributed by atoms with Crippen molar-refractivity contribution in [3.63, 3.8) is 0 Å². The molecule has 0 saturated carbocycles. The molecule has 198 valence electrons. The van der Waals surface area contributed by atoms with Crippen LogP contribution in [0.5, 0.6) is 11.5 Å². The van der Waals surface area contributed by atoms with E-state index < -0.39 is 0 Å². The molecule has 1 amide bonds. The van der Waals surface area contributed by atoms with Crippen LogP contribution in [0.2, 0.25) is 0 Å². The van der Waals surface area contributed by atoms with E-state index in [9.17, 15) is 4.79 Å². The molecule has 0 radical (unpaired) electrons. The van der Waals surface area contributed by atoms with Crippen LogP contribution in [0.4, 0.5) is 0 Å². The van der Waals surface area contributed by atoms with Crippen molar-refractivity contribution in [3.8, 4) is 17.6 Å². The summed E-state index contributed by atoms with van der Waals surface area (Å²) in [5.74, 6) is 1.78. The fourth-order valence-corrected chi connectivity index (χ4v) is 5.51. The van der Waals surface area contributed by atoms with Crippen molar-refractivity contribution in [2.24, 2.45) is 0 Å². The summed E-state index contributed by atoms with van der Waals surface area (Å²) in [6, 6.07) is 18.1. The second-order valence-electron chi connectivity index (χ2n) is 10.3. The van der Waals surface area contributed by atoms with E-state index in [1.54, 1.807) is 19.2 Å². The number of likely N-dealkylation sites (tertiary alicyclic amines) is 2. The van der Waals surface area contributed by atoms with Crippen molar-refractivity contribution >= 4 is 5.91 Å². The Bertz CT molecular complexity index is 1180. The topological polar surface area (TPSA) is 69.0 Å². The lowest BCUT2D eigenvalue weighted by Crippen LogP contribution is -2.45. The Morgan fingerprint density at radius 3 is 2.29 bits per heavy atom. The number of amides is 1. The lowest BCUT2D eigenvalue weighted by molar-refractivity contribution is -0.128. The number of carbonyl (C=O) groups excluding carboxylic acids is 1. The average Bonchev–Trinajstić information content (AvgIpc) is 2.98. The van der Waals surface area contributed by atoms with E-state index in [1.165, 1.54) is 5.56 Å². The van der Waals surface area contributed by atoms with E-state index in [2.05, 4.69) is 40.3 Å². The molecular formula is C31H36N4O3. The van der Waals surface area contributed by atoms with Gasteiger partial charge in [0.25, 0.3) is 5.91 Å². The Morgan fingerprint density at radius 1 is 0.947 bits per heavy atom. The molecule has 5 rings (SSSR count). The van der Waals surface area contributed by atoms with E-state index in [1.807, 2.05) is 35.2 Å². The zero-order valence-electron chi connectivity index (χ0n) is 22.1. The predicted octanol–water partition coefficient (Wildman–Crippen LogP) is 4.36. The van der Waals surface area contributed by atoms with Crippen LogP contribution in [0, 0.1) is 11.3 Å². The third kappa shape index (κ3) is 6.38. The van der Waals surface area contributed by atoms with Crippen LogP contribution in [-0.2, 0) is 11.3 Å². The lowest BCUT2D eigenvalue weighted by atomic mass is 10.0. The molecule has 0 spiro atoms. The van der Waals surface area contributed by atoms with Gasteiger partial charge in [0, 0.05) is 64.4 Å². The SMILES string of the molecule is COc1ccc(CN2CCC(N3C=C(C(=O)N4CCC(Oc5ccc(C#N)cc5)CC4)C=CC3)CC2)cc1. The Morgan fingerprint density at radius 2 is 1.63 bits per heavy atom. The molecule has 3 aliphatic rings. The molecule has 0 aliphatic carbocycles. The molecule has 0 atom stereocenters. The van der Waals surface area contributed by atoms with E-state index in [0.29, 0.717) is 24.7 Å². The van der Waals surface area contributed by atoms with Gasteiger partial charge in [-0.1, -0.05) is 24.3 Å². The minimum absolute atomic E-state index is 0.0856. The highest BCUT2D eigenvalue weighted by molar-refractivity contribution is 5.96. The van der Waals surface area contributed by atoms with Crippen molar-refractivity contribution < 1.29 is 14.3 Å². The smallest absolute Gasteiger partial charge is 0.255 e. The zero-order chi connectivity index (χ0) is 26.3. The molecule has 7 nitrogen and oxygen atoms in total. The predicted molar refractivity (Wildman–Crippen MR) is 147 cm³/mol. The van der Waals surface area contributed by atoms with Crippen LogP contribution >= 0.6 is 0 Å². The molecule has 0 unspecified atom stereocenters. The number of methoxy groups -OCH3 is 1. The number of hydrogen-bond donors (Lipinski definition) is 0. The van der Waals surface area contributed by atoms with Gasteiger partial charge in [-0.25, -0.2) is 0 Å². The molecule has 2 fully saturated rings. The Kier molecular flexibility index (Phi) is 8.30. The highest BCUT2D eigenvalue weighted by atomic mass is 16.5. The fourth-order valence-electron chi connectivity index (χ4n) is 5.51. The monoisotopic (exact) mass is 512 g/mol. The number of nitriles is 1. The summed E-state index contributed by atoms with van der Waals surface area (Å²) < 4.78 is 11.4. The van der Waals surface area contributed by atoms with Crippen LogP contribution in [0.3, 0.4) is 0 Å². The van der Waals surface area contributed by atoms with Gasteiger partial charge in [-0.2, -0.15) is 5.26 Å². The van der Waals surface area contributed by atoms with Gasteiger partial charge >= 0.3 is 0 Å². The van der Waals surface area contributed by atoms with Crippen LogP contribution in [0.25, 0.3) is 0 Å². The van der Waals surface area contributed by atoms with Gasteiger partial charge in [0.05, 0.1) is 24.3 Å². The Labute approximate surface area is 225 Å². The van der Waals surface area contributed by atoms with Gasteiger partial charge in [0.1, 0.15) is 17.6 Å². The lowest BCUT2D eigenvalue weighted by Gasteiger charge is -2.39. The summed E-state index contributed by atoms with van der Waals surface area (Å²) in [7, 11) is 1.70. The minimum Gasteiger partial charge on any atom is -0.497 e. The number of piperidine rings is 2. The molecule has 2 aromatic carbocycles. The van der Waals surface area contributed by atoms with Crippen molar-refractivity contribution in [1.82, 2.24) is 14.7 Å². The summed E-state index contributed by atoms with van der Waals surface area (Å²) in [4.78, 5) is 20.1. The number of rotatable bonds is 7.